The van der Waals surface area contributed by atoms with Crippen molar-refractivity contribution in [3.05, 3.63) is 34.3 Å². The van der Waals surface area contributed by atoms with Gasteiger partial charge in [-0.3, -0.25) is 9.69 Å². The van der Waals surface area contributed by atoms with Gasteiger partial charge in [-0.05, 0) is 24.5 Å². The minimum atomic E-state index is 0.0408. The first kappa shape index (κ1) is 16.5. The molecule has 4 nitrogen and oxygen atoms in total. The SMILES string of the molecule is CCC(N)C(c1ccccc1Br)N1CCC(NC(C)=O)C1. The lowest BCUT2D eigenvalue weighted by atomic mass is 9.96. The molecule has 3 unspecified atom stereocenters. The Labute approximate surface area is 135 Å². The molecule has 0 radical (unpaired) electrons. The van der Waals surface area contributed by atoms with Crippen molar-refractivity contribution in [2.24, 2.45) is 5.73 Å². The first-order chi connectivity index (χ1) is 10.0. The predicted molar refractivity (Wildman–Crippen MR) is 88.9 cm³/mol. The van der Waals surface area contributed by atoms with Gasteiger partial charge >= 0.3 is 0 Å². The number of nitrogens with two attached hydrogens (primary N) is 1. The number of amides is 1. The number of carbonyl (C=O) groups excluding carboxylic acids is 1. The standard InChI is InChI=1S/C16H24BrN3O/c1-3-15(18)16(13-6-4-5-7-14(13)17)20-9-8-12(10-20)19-11(2)21/h4-7,12,15-16H,3,8-10,18H2,1-2H3,(H,19,21). The summed E-state index contributed by atoms with van der Waals surface area (Å²) in [6.07, 6.45) is 1.91. The maximum Gasteiger partial charge on any atom is 0.217 e. The number of rotatable bonds is 5. The number of benzene rings is 1. The fourth-order valence-corrected chi connectivity index (χ4v) is 3.60. The number of hydrogen-bond acceptors (Lipinski definition) is 3. The smallest absolute Gasteiger partial charge is 0.217 e. The third kappa shape index (κ3) is 4.05. The second-order valence-corrected chi connectivity index (χ2v) is 6.57. The molecule has 21 heavy (non-hydrogen) atoms. The monoisotopic (exact) mass is 353 g/mol. The summed E-state index contributed by atoms with van der Waals surface area (Å²) in [4.78, 5) is 13.6. The molecule has 5 heteroatoms. The zero-order chi connectivity index (χ0) is 15.4. The summed E-state index contributed by atoms with van der Waals surface area (Å²) in [6, 6.07) is 8.77. The van der Waals surface area contributed by atoms with Gasteiger partial charge in [-0.15, -0.1) is 0 Å². The van der Waals surface area contributed by atoms with Gasteiger partial charge in [0, 0.05) is 36.6 Å². The second-order valence-electron chi connectivity index (χ2n) is 5.72. The maximum absolute atomic E-state index is 11.2. The number of hydrogen-bond donors (Lipinski definition) is 2. The Balaban J connectivity index is 2.18. The number of nitrogens with zero attached hydrogens (tertiary/aromatic N) is 1. The summed E-state index contributed by atoms with van der Waals surface area (Å²) in [5.74, 6) is 0.0408. The number of likely N-dealkylation sites (tertiary alicyclic amines) is 1. The molecular weight excluding hydrogens is 330 g/mol. The summed E-state index contributed by atoms with van der Waals surface area (Å²) in [7, 11) is 0. The summed E-state index contributed by atoms with van der Waals surface area (Å²) in [5.41, 5.74) is 7.63. The van der Waals surface area contributed by atoms with Crippen LogP contribution < -0.4 is 11.1 Å². The predicted octanol–water partition coefficient (Wildman–Crippen LogP) is 2.44. The Hall–Kier alpha value is -0.910. The van der Waals surface area contributed by atoms with Crippen molar-refractivity contribution in [2.75, 3.05) is 13.1 Å². The van der Waals surface area contributed by atoms with E-state index in [1.807, 2.05) is 6.07 Å². The fraction of sp³-hybridized carbons (Fsp3) is 0.562. The van der Waals surface area contributed by atoms with E-state index in [4.69, 9.17) is 5.73 Å². The zero-order valence-electron chi connectivity index (χ0n) is 12.7. The van der Waals surface area contributed by atoms with Gasteiger partial charge in [0.2, 0.25) is 5.91 Å². The van der Waals surface area contributed by atoms with Crippen LogP contribution in [0.5, 0.6) is 0 Å². The molecule has 116 valence electrons. The highest BCUT2D eigenvalue weighted by atomic mass is 79.9. The molecule has 2 rings (SSSR count). The van der Waals surface area contributed by atoms with E-state index in [1.165, 1.54) is 5.56 Å². The molecule has 0 aliphatic carbocycles. The molecule has 1 aromatic carbocycles. The lowest BCUT2D eigenvalue weighted by molar-refractivity contribution is -0.119. The van der Waals surface area contributed by atoms with E-state index < -0.39 is 0 Å². The van der Waals surface area contributed by atoms with Crippen LogP contribution in [-0.4, -0.2) is 36.0 Å². The van der Waals surface area contributed by atoms with Crippen LogP contribution >= 0.6 is 15.9 Å². The van der Waals surface area contributed by atoms with Gasteiger partial charge in [0.05, 0.1) is 6.04 Å². The first-order valence-electron chi connectivity index (χ1n) is 7.54. The van der Waals surface area contributed by atoms with Crippen LogP contribution in [0.15, 0.2) is 28.7 Å². The summed E-state index contributed by atoms with van der Waals surface area (Å²) in [5, 5.41) is 3.02. The summed E-state index contributed by atoms with van der Waals surface area (Å²) < 4.78 is 1.10. The Kier molecular flexibility index (Phi) is 5.79. The van der Waals surface area contributed by atoms with E-state index >= 15 is 0 Å². The molecule has 1 aliphatic heterocycles. The average molecular weight is 354 g/mol. The van der Waals surface area contributed by atoms with Crippen molar-refractivity contribution in [3.8, 4) is 0 Å². The molecule has 0 spiro atoms. The van der Waals surface area contributed by atoms with Crippen LogP contribution in [0.1, 0.15) is 38.3 Å². The van der Waals surface area contributed by atoms with Gasteiger partial charge in [0.15, 0.2) is 0 Å². The van der Waals surface area contributed by atoms with E-state index in [-0.39, 0.29) is 24.0 Å². The van der Waals surface area contributed by atoms with Crippen LogP contribution in [-0.2, 0) is 4.79 Å². The van der Waals surface area contributed by atoms with E-state index in [9.17, 15) is 4.79 Å². The highest BCUT2D eigenvalue weighted by molar-refractivity contribution is 9.10. The third-order valence-electron chi connectivity index (χ3n) is 4.12. The van der Waals surface area contributed by atoms with Crippen molar-refractivity contribution < 1.29 is 4.79 Å². The third-order valence-corrected chi connectivity index (χ3v) is 4.84. The molecule has 1 saturated heterocycles. The van der Waals surface area contributed by atoms with E-state index in [0.29, 0.717) is 0 Å². The Bertz CT molecular complexity index is 494. The Morgan fingerprint density at radius 3 is 2.86 bits per heavy atom. The fourth-order valence-electron chi connectivity index (χ4n) is 3.08. The number of nitrogens with one attached hydrogen (secondary N) is 1. The topological polar surface area (TPSA) is 58.4 Å². The lowest BCUT2D eigenvalue weighted by Gasteiger charge is -2.33. The van der Waals surface area contributed by atoms with Gasteiger partial charge in [0.1, 0.15) is 0 Å². The molecule has 0 saturated carbocycles. The highest BCUT2D eigenvalue weighted by Gasteiger charge is 2.33. The van der Waals surface area contributed by atoms with E-state index in [2.05, 4.69) is 51.3 Å². The highest BCUT2D eigenvalue weighted by Crippen LogP contribution is 2.33. The number of carbonyl (C=O) groups is 1. The molecule has 1 fully saturated rings. The van der Waals surface area contributed by atoms with Crippen molar-refractivity contribution in [3.63, 3.8) is 0 Å². The minimum Gasteiger partial charge on any atom is -0.352 e. The van der Waals surface area contributed by atoms with Crippen LogP contribution in [0.4, 0.5) is 0 Å². The molecular formula is C16H24BrN3O. The largest absolute Gasteiger partial charge is 0.352 e. The molecule has 1 heterocycles. The van der Waals surface area contributed by atoms with Gasteiger partial charge in [-0.1, -0.05) is 41.1 Å². The molecule has 1 aromatic rings. The minimum absolute atomic E-state index is 0.0408. The molecule has 1 aliphatic rings. The molecule has 1 amide bonds. The van der Waals surface area contributed by atoms with E-state index in [0.717, 1.165) is 30.4 Å². The van der Waals surface area contributed by atoms with Crippen molar-refractivity contribution in [2.45, 2.75) is 44.8 Å². The summed E-state index contributed by atoms with van der Waals surface area (Å²) in [6.45, 7) is 5.52. The van der Waals surface area contributed by atoms with Crippen molar-refractivity contribution >= 4 is 21.8 Å². The van der Waals surface area contributed by atoms with Gasteiger partial charge in [-0.25, -0.2) is 0 Å². The summed E-state index contributed by atoms with van der Waals surface area (Å²) >= 11 is 3.64. The van der Waals surface area contributed by atoms with Gasteiger partial charge in [-0.2, -0.15) is 0 Å². The van der Waals surface area contributed by atoms with Crippen LogP contribution in [0.25, 0.3) is 0 Å². The Morgan fingerprint density at radius 2 is 2.24 bits per heavy atom. The van der Waals surface area contributed by atoms with Crippen molar-refractivity contribution in [1.82, 2.24) is 10.2 Å². The van der Waals surface area contributed by atoms with Crippen LogP contribution in [0, 0.1) is 0 Å². The van der Waals surface area contributed by atoms with Crippen LogP contribution in [0.3, 0.4) is 0 Å². The zero-order valence-corrected chi connectivity index (χ0v) is 14.3. The van der Waals surface area contributed by atoms with Crippen molar-refractivity contribution in [1.29, 1.82) is 0 Å². The normalized spacial score (nSPS) is 22.0. The maximum atomic E-state index is 11.2. The van der Waals surface area contributed by atoms with Gasteiger partial charge < -0.3 is 11.1 Å². The van der Waals surface area contributed by atoms with Crippen LogP contribution in [0.2, 0.25) is 0 Å². The molecule has 3 N–H and O–H groups in total. The number of halogens is 1. The molecule has 3 atom stereocenters. The molecule has 0 aromatic heterocycles. The average Bonchev–Trinajstić information content (AvgIpc) is 2.88. The van der Waals surface area contributed by atoms with Gasteiger partial charge in [0.25, 0.3) is 0 Å². The first-order valence-corrected chi connectivity index (χ1v) is 8.33. The van der Waals surface area contributed by atoms with E-state index in [1.54, 1.807) is 6.92 Å². The quantitative estimate of drug-likeness (QED) is 0.854. The lowest BCUT2D eigenvalue weighted by Crippen LogP contribution is -2.42. The second kappa shape index (κ2) is 7.38. The Morgan fingerprint density at radius 1 is 1.52 bits per heavy atom. The molecule has 0 bridgehead atoms.